The van der Waals surface area contributed by atoms with Crippen molar-refractivity contribution in [1.29, 1.82) is 0 Å². The van der Waals surface area contributed by atoms with Gasteiger partial charge in [0.1, 0.15) is 4.60 Å². The van der Waals surface area contributed by atoms with Crippen LogP contribution in [0.5, 0.6) is 0 Å². The molecule has 0 atom stereocenters. The minimum Gasteiger partial charge on any atom is -0.337 e. The molecule has 0 saturated carbocycles. The van der Waals surface area contributed by atoms with Crippen molar-refractivity contribution in [2.75, 3.05) is 7.05 Å². The van der Waals surface area contributed by atoms with Crippen LogP contribution in [-0.2, 0) is 6.54 Å². The molecule has 108 valence electrons. The number of carbonyl (C=O) groups is 1. The summed E-state index contributed by atoms with van der Waals surface area (Å²) < 4.78 is 0.449. The lowest BCUT2D eigenvalue weighted by atomic mass is 10.1. The maximum absolute atomic E-state index is 12.3. The number of nitrogens with zero attached hydrogens (tertiary/aromatic N) is 3. The number of hydrogen-bond donors (Lipinski definition) is 0. The average molecular weight is 350 g/mol. The van der Waals surface area contributed by atoms with Crippen LogP contribution in [-0.4, -0.2) is 27.8 Å². The predicted molar refractivity (Wildman–Crippen MR) is 80.8 cm³/mol. The Balaban J connectivity index is 2.23. The van der Waals surface area contributed by atoms with E-state index in [1.807, 2.05) is 0 Å². The van der Waals surface area contributed by atoms with E-state index in [1.165, 1.54) is 11.0 Å². The van der Waals surface area contributed by atoms with E-state index in [0.29, 0.717) is 15.7 Å². The van der Waals surface area contributed by atoms with E-state index in [-0.39, 0.29) is 18.1 Å². The molecule has 0 fully saturated rings. The molecule has 0 bridgehead atoms. The summed E-state index contributed by atoms with van der Waals surface area (Å²) >= 11 is 3.22. The van der Waals surface area contributed by atoms with Crippen LogP contribution >= 0.6 is 15.9 Å². The molecule has 1 aromatic heterocycles. The first kappa shape index (κ1) is 15.1. The van der Waals surface area contributed by atoms with E-state index < -0.39 is 4.92 Å². The fraction of sp³-hybridized carbons (Fsp3) is 0.143. The lowest BCUT2D eigenvalue weighted by Crippen LogP contribution is -2.27. The average Bonchev–Trinajstić information content (AvgIpc) is 2.47. The second kappa shape index (κ2) is 6.45. The second-order valence-corrected chi connectivity index (χ2v) is 5.14. The van der Waals surface area contributed by atoms with Crippen molar-refractivity contribution in [3.8, 4) is 0 Å². The molecule has 7 heteroatoms. The quantitative estimate of drug-likeness (QED) is 0.483. The number of para-hydroxylation sites is 1. The van der Waals surface area contributed by atoms with E-state index >= 15 is 0 Å². The first-order valence-corrected chi connectivity index (χ1v) is 6.88. The number of amides is 1. The summed E-state index contributed by atoms with van der Waals surface area (Å²) in [5.41, 5.74) is 0.902. The van der Waals surface area contributed by atoms with Crippen LogP contribution in [0.3, 0.4) is 0 Å². The molecule has 0 aliphatic rings. The van der Waals surface area contributed by atoms with Crippen LogP contribution in [0.2, 0.25) is 0 Å². The minimum absolute atomic E-state index is 0.00222. The van der Waals surface area contributed by atoms with Gasteiger partial charge >= 0.3 is 0 Å². The van der Waals surface area contributed by atoms with Gasteiger partial charge in [-0.2, -0.15) is 0 Å². The molecule has 0 aliphatic heterocycles. The third-order valence-electron chi connectivity index (χ3n) is 2.93. The van der Waals surface area contributed by atoms with Crippen LogP contribution < -0.4 is 0 Å². The Morgan fingerprint density at radius 3 is 2.71 bits per heavy atom. The Morgan fingerprint density at radius 1 is 1.33 bits per heavy atom. The monoisotopic (exact) mass is 349 g/mol. The van der Waals surface area contributed by atoms with Gasteiger partial charge < -0.3 is 4.90 Å². The number of carbonyl (C=O) groups excluding carboxylic acids is 1. The molecule has 0 radical (unpaired) electrons. The van der Waals surface area contributed by atoms with Crippen molar-refractivity contribution < 1.29 is 9.72 Å². The third kappa shape index (κ3) is 3.43. The van der Waals surface area contributed by atoms with E-state index in [4.69, 9.17) is 0 Å². The number of nitro benzene ring substituents is 1. The molecule has 0 spiro atoms. The smallest absolute Gasteiger partial charge is 0.274 e. The molecule has 1 amide bonds. The first-order chi connectivity index (χ1) is 10.0. The zero-order valence-electron chi connectivity index (χ0n) is 11.2. The molecule has 0 saturated heterocycles. The number of halogens is 1. The number of rotatable bonds is 4. The lowest BCUT2D eigenvalue weighted by Gasteiger charge is -2.17. The standard InChI is InChI=1S/C14H12BrN3O3/c1-17(14(19)11-6-4-8-16-13(11)15)9-10-5-2-3-7-12(10)18(20)21/h2-8H,9H2,1H3. The summed E-state index contributed by atoms with van der Waals surface area (Å²) in [6.07, 6.45) is 1.57. The number of aromatic nitrogens is 1. The molecular weight excluding hydrogens is 338 g/mol. The summed E-state index contributed by atoms with van der Waals surface area (Å²) in [6, 6.07) is 9.68. The molecular formula is C14H12BrN3O3. The van der Waals surface area contributed by atoms with E-state index in [0.717, 1.165) is 0 Å². The van der Waals surface area contributed by atoms with Crippen molar-refractivity contribution in [3.63, 3.8) is 0 Å². The van der Waals surface area contributed by atoms with Crippen molar-refractivity contribution in [3.05, 3.63) is 68.4 Å². The Bertz CT molecular complexity index is 691. The minimum atomic E-state index is -0.451. The Hall–Kier alpha value is -2.28. The predicted octanol–water partition coefficient (Wildman–Crippen LogP) is 3.02. The summed E-state index contributed by atoms with van der Waals surface area (Å²) in [5.74, 6) is -0.256. The molecule has 6 nitrogen and oxygen atoms in total. The normalized spacial score (nSPS) is 10.2. The van der Waals surface area contributed by atoms with Crippen LogP contribution in [0.15, 0.2) is 47.2 Å². The third-order valence-corrected chi connectivity index (χ3v) is 3.56. The molecule has 21 heavy (non-hydrogen) atoms. The Labute approximate surface area is 129 Å². The number of benzene rings is 1. The molecule has 1 aromatic carbocycles. The first-order valence-electron chi connectivity index (χ1n) is 6.09. The SMILES string of the molecule is CN(Cc1ccccc1[N+](=O)[O-])C(=O)c1cccnc1Br. The van der Waals surface area contributed by atoms with Crippen LogP contribution in [0.1, 0.15) is 15.9 Å². The van der Waals surface area contributed by atoms with Crippen molar-refractivity contribution in [2.24, 2.45) is 0 Å². The summed E-state index contributed by atoms with van der Waals surface area (Å²) in [5, 5.41) is 11.0. The van der Waals surface area contributed by atoms with E-state index in [2.05, 4.69) is 20.9 Å². The van der Waals surface area contributed by atoms with Gasteiger partial charge in [0, 0.05) is 24.9 Å². The maximum atomic E-state index is 12.3. The highest BCUT2D eigenvalue weighted by molar-refractivity contribution is 9.10. The Kier molecular flexibility index (Phi) is 4.64. The second-order valence-electron chi connectivity index (χ2n) is 4.39. The van der Waals surface area contributed by atoms with Crippen LogP contribution in [0, 0.1) is 10.1 Å². The lowest BCUT2D eigenvalue weighted by molar-refractivity contribution is -0.385. The van der Waals surface area contributed by atoms with Crippen LogP contribution in [0.25, 0.3) is 0 Å². The topological polar surface area (TPSA) is 76.3 Å². The molecule has 0 N–H and O–H groups in total. The van der Waals surface area contributed by atoms with E-state index in [1.54, 1.807) is 43.6 Å². The van der Waals surface area contributed by atoms with Gasteiger partial charge in [-0.1, -0.05) is 18.2 Å². The largest absolute Gasteiger partial charge is 0.337 e. The molecule has 2 rings (SSSR count). The highest BCUT2D eigenvalue weighted by atomic mass is 79.9. The molecule has 1 heterocycles. The number of nitro groups is 1. The summed E-state index contributed by atoms with van der Waals surface area (Å²) in [4.78, 5) is 28.3. The maximum Gasteiger partial charge on any atom is 0.274 e. The van der Waals surface area contributed by atoms with Gasteiger partial charge in [-0.05, 0) is 28.1 Å². The van der Waals surface area contributed by atoms with Gasteiger partial charge in [0.15, 0.2) is 0 Å². The van der Waals surface area contributed by atoms with Gasteiger partial charge in [0.05, 0.1) is 17.0 Å². The van der Waals surface area contributed by atoms with Gasteiger partial charge in [0.2, 0.25) is 0 Å². The van der Waals surface area contributed by atoms with Gasteiger partial charge in [-0.3, -0.25) is 14.9 Å². The van der Waals surface area contributed by atoms with Crippen molar-refractivity contribution >= 4 is 27.5 Å². The van der Waals surface area contributed by atoms with Crippen molar-refractivity contribution in [2.45, 2.75) is 6.54 Å². The van der Waals surface area contributed by atoms with Gasteiger partial charge in [-0.25, -0.2) is 4.98 Å². The number of pyridine rings is 1. The highest BCUT2D eigenvalue weighted by Crippen LogP contribution is 2.21. The number of hydrogen-bond acceptors (Lipinski definition) is 4. The summed E-state index contributed by atoms with van der Waals surface area (Å²) in [6.45, 7) is 0.150. The van der Waals surface area contributed by atoms with Gasteiger partial charge in [-0.15, -0.1) is 0 Å². The van der Waals surface area contributed by atoms with Crippen molar-refractivity contribution in [1.82, 2.24) is 9.88 Å². The molecule has 2 aromatic rings. The zero-order chi connectivity index (χ0) is 15.4. The Morgan fingerprint density at radius 2 is 2.05 bits per heavy atom. The fourth-order valence-corrected chi connectivity index (χ4v) is 2.32. The zero-order valence-corrected chi connectivity index (χ0v) is 12.8. The van der Waals surface area contributed by atoms with Crippen LogP contribution in [0.4, 0.5) is 5.69 Å². The van der Waals surface area contributed by atoms with Gasteiger partial charge in [0.25, 0.3) is 11.6 Å². The molecule has 0 unspecified atom stereocenters. The fourth-order valence-electron chi connectivity index (χ4n) is 1.90. The summed E-state index contributed by atoms with van der Waals surface area (Å²) in [7, 11) is 1.60. The van der Waals surface area contributed by atoms with E-state index in [9.17, 15) is 14.9 Å². The highest BCUT2D eigenvalue weighted by Gasteiger charge is 2.19. The molecule has 0 aliphatic carbocycles.